The number of nitrogens with one attached hydrogen (secondary N) is 2. The minimum atomic E-state index is -0.361. The number of hydrogen-bond acceptors (Lipinski definition) is 6. The summed E-state index contributed by atoms with van der Waals surface area (Å²) in [6.45, 7) is 6.05. The van der Waals surface area contributed by atoms with Crippen LogP contribution in [0.25, 0.3) is 0 Å². The number of aryl methyl sites for hydroxylation is 1. The van der Waals surface area contributed by atoms with E-state index in [1.807, 2.05) is 31.2 Å². The molecule has 3 amide bonds. The van der Waals surface area contributed by atoms with Gasteiger partial charge in [-0.1, -0.05) is 42.9 Å². The van der Waals surface area contributed by atoms with Crippen LogP contribution in [0.4, 0.5) is 5.69 Å². The largest absolute Gasteiger partial charge is 0.325 e. The van der Waals surface area contributed by atoms with Crippen molar-refractivity contribution in [1.82, 2.24) is 9.88 Å². The quantitative estimate of drug-likeness (QED) is 0.654. The zero-order chi connectivity index (χ0) is 23.2. The van der Waals surface area contributed by atoms with E-state index in [0.717, 1.165) is 21.9 Å². The van der Waals surface area contributed by atoms with E-state index in [-0.39, 0.29) is 69.4 Å². The summed E-state index contributed by atoms with van der Waals surface area (Å²) in [6.07, 6.45) is 0.862. The molecule has 4 aliphatic rings. The van der Waals surface area contributed by atoms with E-state index in [0.29, 0.717) is 5.69 Å². The summed E-state index contributed by atoms with van der Waals surface area (Å²) in [5, 5.41) is 3.92. The maximum absolute atomic E-state index is 13.4. The molecule has 6 rings (SSSR count). The van der Waals surface area contributed by atoms with Gasteiger partial charge in [0.15, 0.2) is 0 Å². The predicted octanol–water partition coefficient (Wildman–Crippen LogP) is 3.00. The number of amides is 3. The Morgan fingerprint density at radius 3 is 2.48 bits per heavy atom. The number of thioether (sulfide) groups is 1. The number of benzene rings is 1. The highest BCUT2D eigenvalue weighted by molar-refractivity contribution is 8.00. The summed E-state index contributed by atoms with van der Waals surface area (Å²) >= 11 is 2.94. The predicted molar refractivity (Wildman–Crippen MR) is 126 cm³/mol. The number of aromatic nitrogens is 1. The van der Waals surface area contributed by atoms with Crippen molar-refractivity contribution in [2.24, 2.45) is 29.6 Å². The van der Waals surface area contributed by atoms with Gasteiger partial charge in [-0.05, 0) is 43.2 Å². The molecule has 6 atom stereocenters. The zero-order valence-corrected chi connectivity index (χ0v) is 20.2. The second-order valence-electron chi connectivity index (χ2n) is 10.3. The van der Waals surface area contributed by atoms with E-state index in [1.54, 1.807) is 11.8 Å². The van der Waals surface area contributed by atoms with Crippen LogP contribution in [-0.4, -0.2) is 39.4 Å². The molecule has 2 aromatic rings. The van der Waals surface area contributed by atoms with Gasteiger partial charge in [-0.25, -0.2) is 0 Å². The van der Waals surface area contributed by atoms with Crippen LogP contribution in [0.5, 0.6) is 0 Å². The van der Waals surface area contributed by atoms with Gasteiger partial charge in [0.2, 0.25) is 17.7 Å². The number of fused-ring (bicyclic) bond motifs is 9. The summed E-state index contributed by atoms with van der Waals surface area (Å²) in [7, 11) is 0. The molecule has 3 fully saturated rings. The van der Waals surface area contributed by atoms with Gasteiger partial charge in [-0.3, -0.25) is 24.1 Å². The summed E-state index contributed by atoms with van der Waals surface area (Å²) in [5.74, 6) is -1.07. The van der Waals surface area contributed by atoms with E-state index in [9.17, 15) is 19.2 Å². The van der Waals surface area contributed by atoms with Gasteiger partial charge in [-0.2, -0.15) is 0 Å². The van der Waals surface area contributed by atoms with Crippen LogP contribution in [0.3, 0.4) is 0 Å². The number of nitrogens with zero attached hydrogens (tertiary/aromatic N) is 1. The Morgan fingerprint density at radius 1 is 1.12 bits per heavy atom. The van der Waals surface area contributed by atoms with Crippen molar-refractivity contribution in [2.45, 2.75) is 42.9 Å². The van der Waals surface area contributed by atoms with E-state index in [1.165, 1.54) is 16.2 Å². The molecule has 2 aliphatic heterocycles. The lowest BCUT2D eigenvalue weighted by molar-refractivity contribution is -0.143. The molecule has 2 aliphatic carbocycles. The monoisotopic (exact) mass is 483 g/mol. The molecule has 33 heavy (non-hydrogen) atoms. The van der Waals surface area contributed by atoms with Crippen LogP contribution in [0.2, 0.25) is 0 Å². The fourth-order valence-electron chi connectivity index (χ4n) is 6.85. The number of carbonyl (C=O) groups is 3. The molecule has 6 unspecified atom stereocenters. The zero-order valence-electron chi connectivity index (χ0n) is 18.6. The summed E-state index contributed by atoms with van der Waals surface area (Å²) in [4.78, 5) is 56.6. The van der Waals surface area contributed by atoms with Crippen molar-refractivity contribution in [3.05, 3.63) is 44.4 Å². The first-order valence-corrected chi connectivity index (χ1v) is 13.0. The van der Waals surface area contributed by atoms with Crippen molar-refractivity contribution >= 4 is 46.5 Å². The van der Waals surface area contributed by atoms with E-state index in [2.05, 4.69) is 24.1 Å². The summed E-state index contributed by atoms with van der Waals surface area (Å²) in [5.41, 5.74) is 1.50. The molecular formula is C24H25N3O4S2. The third-order valence-electron chi connectivity index (χ3n) is 8.12. The topological polar surface area (TPSA) is 99.3 Å². The van der Waals surface area contributed by atoms with Gasteiger partial charge >= 0.3 is 4.87 Å². The highest BCUT2D eigenvalue weighted by atomic mass is 32.2. The number of thiazole rings is 1. The maximum atomic E-state index is 13.4. The normalized spacial score (nSPS) is 33.1. The molecule has 9 heteroatoms. The van der Waals surface area contributed by atoms with Gasteiger partial charge in [0.25, 0.3) is 0 Å². The Balaban J connectivity index is 1.25. The van der Waals surface area contributed by atoms with Crippen LogP contribution in [0.1, 0.15) is 30.7 Å². The number of H-pyrrole nitrogens is 1. The smallest absolute Gasteiger partial charge is 0.305 e. The second-order valence-corrected chi connectivity index (χ2v) is 12.5. The fourth-order valence-corrected chi connectivity index (χ4v) is 10.0. The molecule has 1 aromatic carbocycles. The molecule has 1 aromatic heterocycles. The number of anilines is 1. The Bertz CT molecular complexity index is 1250. The third-order valence-corrected chi connectivity index (χ3v) is 10.9. The SMILES string of the molecule is Cc1ccc(NC(=O)CN2C(=O)C3C4CC(C3C2=O)C2C4Sc3[nH]c(=O)sc3C2(C)C)cc1. The number of aromatic amines is 1. The van der Waals surface area contributed by atoms with Crippen LogP contribution in [0, 0.1) is 36.5 Å². The molecule has 3 heterocycles. The molecular weight excluding hydrogens is 458 g/mol. The molecule has 2 saturated carbocycles. The molecule has 2 N–H and O–H groups in total. The number of likely N-dealkylation sites (tertiary alicyclic amines) is 1. The van der Waals surface area contributed by atoms with Crippen molar-refractivity contribution in [1.29, 1.82) is 0 Å². The molecule has 172 valence electrons. The minimum Gasteiger partial charge on any atom is -0.325 e. The molecule has 0 spiro atoms. The Hall–Kier alpha value is -2.39. The maximum Gasteiger partial charge on any atom is 0.305 e. The number of hydrogen-bond donors (Lipinski definition) is 2. The van der Waals surface area contributed by atoms with E-state index < -0.39 is 0 Å². The number of carbonyl (C=O) groups excluding carboxylic acids is 3. The van der Waals surface area contributed by atoms with Gasteiger partial charge < -0.3 is 10.3 Å². The second kappa shape index (κ2) is 7.06. The van der Waals surface area contributed by atoms with Crippen molar-refractivity contribution < 1.29 is 14.4 Å². The molecule has 1 saturated heterocycles. The van der Waals surface area contributed by atoms with Crippen LogP contribution < -0.4 is 10.2 Å². The minimum absolute atomic E-state index is 0.0500. The summed E-state index contributed by atoms with van der Waals surface area (Å²) < 4.78 is 0. The Kier molecular flexibility index (Phi) is 4.52. The van der Waals surface area contributed by atoms with Crippen LogP contribution >= 0.6 is 23.1 Å². The first kappa shape index (κ1) is 21.2. The van der Waals surface area contributed by atoms with Crippen LogP contribution in [0.15, 0.2) is 34.1 Å². The van der Waals surface area contributed by atoms with E-state index >= 15 is 0 Å². The Morgan fingerprint density at radius 2 is 1.79 bits per heavy atom. The highest BCUT2D eigenvalue weighted by Crippen LogP contribution is 2.68. The molecule has 2 bridgehead atoms. The molecule has 7 nitrogen and oxygen atoms in total. The summed E-state index contributed by atoms with van der Waals surface area (Å²) in [6, 6.07) is 7.42. The van der Waals surface area contributed by atoms with Crippen molar-refractivity contribution in [3.8, 4) is 0 Å². The fraction of sp³-hybridized carbons (Fsp3) is 0.500. The number of imide groups is 1. The van der Waals surface area contributed by atoms with Gasteiger partial charge in [-0.15, -0.1) is 11.8 Å². The average molecular weight is 484 g/mol. The molecule has 0 radical (unpaired) electrons. The number of rotatable bonds is 3. The lowest BCUT2D eigenvalue weighted by Gasteiger charge is -2.47. The van der Waals surface area contributed by atoms with Crippen LogP contribution in [-0.2, 0) is 19.8 Å². The lowest BCUT2D eigenvalue weighted by Crippen LogP contribution is -2.48. The first-order chi connectivity index (χ1) is 15.7. The third kappa shape index (κ3) is 2.94. The highest BCUT2D eigenvalue weighted by Gasteiger charge is 2.70. The lowest BCUT2D eigenvalue weighted by atomic mass is 9.64. The van der Waals surface area contributed by atoms with Crippen molar-refractivity contribution in [3.63, 3.8) is 0 Å². The standard InChI is InChI=1S/C24H25N3O4S2/c1-10-4-6-11(7-5-10)25-14(28)9-27-21(29)15-12-8-13(16(15)22(27)30)18-17(12)24(2,3)19-20(32-18)26-23(31)33-19/h4-7,12-13,15-18H,8-9H2,1-3H3,(H,25,28)(H,26,31). The van der Waals surface area contributed by atoms with Gasteiger partial charge in [0, 0.05) is 21.2 Å². The average Bonchev–Trinajstić information content (AvgIpc) is 3.48. The van der Waals surface area contributed by atoms with E-state index in [4.69, 9.17) is 0 Å². The Labute approximate surface area is 199 Å². The van der Waals surface area contributed by atoms with Crippen molar-refractivity contribution in [2.75, 3.05) is 11.9 Å². The van der Waals surface area contributed by atoms with Gasteiger partial charge in [0.05, 0.1) is 16.9 Å². The van der Waals surface area contributed by atoms with Gasteiger partial charge in [0.1, 0.15) is 6.54 Å². The first-order valence-electron chi connectivity index (χ1n) is 11.3.